The van der Waals surface area contributed by atoms with Gasteiger partial charge in [0.2, 0.25) is 11.9 Å². The summed E-state index contributed by atoms with van der Waals surface area (Å²) in [6.07, 6.45) is 0.944. The Balaban J connectivity index is 1.39. The zero-order chi connectivity index (χ0) is 25.1. The van der Waals surface area contributed by atoms with Crippen molar-refractivity contribution in [2.75, 3.05) is 24.9 Å². The van der Waals surface area contributed by atoms with Crippen LogP contribution in [-0.2, 0) is 11.2 Å². The number of hydrogen-bond donors (Lipinski definition) is 2. The van der Waals surface area contributed by atoms with E-state index >= 15 is 0 Å². The molecule has 5 rings (SSSR count). The van der Waals surface area contributed by atoms with E-state index in [9.17, 15) is 4.79 Å². The fraction of sp³-hybridized carbons (Fsp3) is 0.222. The van der Waals surface area contributed by atoms with Gasteiger partial charge in [-0.25, -0.2) is 4.68 Å². The van der Waals surface area contributed by atoms with Crippen molar-refractivity contribution in [3.63, 3.8) is 0 Å². The molecule has 1 aliphatic rings. The topological polar surface area (TPSA) is 90.3 Å². The predicted molar refractivity (Wildman–Crippen MR) is 139 cm³/mol. The molecule has 1 aromatic heterocycles. The van der Waals surface area contributed by atoms with Crippen molar-refractivity contribution in [1.29, 1.82) is 0 Å². The molecule has 1 amide bonds. The van der Waals surface area contributed by atoms with Gasteiger partial charge in [0.25, 0.3) is 5.95 Å². The second-order valence-corrected chi connectivity index (χ2v) is 8.99. The summed E-state index contributed by atoms with van der Waals surface area (Å²) in [7, 11) is 3.26. The number of methoxy groups -OCH3 is 2. The standard InChI is InChI=1S/C27H26ClN5O3/c1-35-21-11-3-17(4-12-21)15-25(34)30-26-31-27-29-23(18-7-13-22(36-2)14-8-18)16-24(33(27)32-26)19-5-9-20(28)10-6-19/h3-14,23-24H,15-16H2,1-2H3,(H2,29,30,31,32,34). The van der Waals surface area contributed by atoms with E-state index in [0.29, 0.717) is 11.0 Å². The molecule has 8 nitrogen and oxygen atoms in total. The van der Waals surface area contributed by atoms with E-state index in [-0.39, 0.29) is 30.4 Å². The highest BCUT2D eigenvalue weighted by Gasteiger charge is 2.31. The predicted octanol–water partition coefficient (Wildman–Crippen LogP) is 5.28. The van der Waals surface area contributed by atoms with Gasteiger partial charge in [-0.3, -0.25) is 10.1 Å². The molecule has 2 unspecified atom stereocenters. The Bertz CT molecular complexity index is 1340. The molecule has 1 aliphatic heterocycles. The summed E-state index contributed by atoms with van der Waals surface area (Å²) < 4.78 is 12.3. The lowest BCUT2D eigenvalue weighted by atomic mass is 9.93. The average Bonchev–Trinajstić information content (AvgIpc) is 3.31. The second kappa shape index (κ2) is 10.3. The number of anilines is 2. The van der Waals surface area contributed by atoms with Crippen molar-refractivity contribution >= 4 is 29.4 Å². The number of carbonyl (C=O) groups excluding carboxylic acids is 1. The van der Waals surface area contributed by atoms with Gasteiger partial charge < -0.3 is 14.8 Å². The van der Waals surface area contributed by atoms with E-state index < -0.39 is 0 Å². The van der Waals surface area contributed by atoms with Gasteiger partial charge in [0.1, 0.15) is 11.5 Å². The maximum atomic E-state index is 12.7. The van der Waals surface area contributed by atoms with Crippen LogP contribution in [-0.4, -0.2) is 34.9 Å². The van der Waals surface area contributed by atoms with Crippen LogP contribution in [0.25, 0.3) is 0 Å². The smallest absolute Gasteiger partial charge is 0.250 e. The summed E-state index contributed by atoms with van der Waals surface area (Å²) in [6, 6.07) is 23.0. The summed E-state index contributed by atoms with van der Waals surface area (Å²) in [5.41, 5.74) is 3.03. The lowest BCUT2D eigenvalue weighted by Gasteiger charge is -2.31. The zero-order valence-electron chi connectivity index (χ0n) is 19.9. The number of nitrogens with zero attached hydrogens (tertiary/aromatic N) is 3. The number of rotatable bonds is 7. The van der Waals surface area contributed by atoms with E-state index in [4.69, 9.17) is 21.1 Å². The van der Waals surface area contributed by atoms with Crippen LogP contribution in [0.1, 0.15) is 35.2 Å². The second-order valence-electron chi connectivity index (χ2n) is 8.55. The van der Waals surface area contributed by atoms with Gasteiger partial charge in [-0.1, -0.05) is 48.0 Å². The van der Waals surface area contributed by atoms with Crippen LogP contribution in [0.15, 0.2) is 72.8 Å². The molecule has 9 heteroatoms. The average molecular weight is 504 g/mol. The molecule has 3 aromatic carbocycles. The molecular formula is C27H26ClN5O3. The van der Waals surface area contributed by atoms with Crippen LogP contribution in [0.5, 0.6) is 11.5 Å². The molecule has 0 bridgehead atoms. The Morgan fingerprint density at radius 1 is 0.972 bits per heavy atom. The number of benzene rings is 3. The van der Waals surface area contributed by atoms with Gasteiger partial charge in [0, 0.05) is 5.02 Å². The van der Waals surface area contributed by atoms with E-state index in [0.717, 1.165) is 34.6 Å². The van der Waals surface area contributed by atoms with E-state index in [1.54, 1.807) is 14.2 Å². The highest BCUT2D eigenvalue weighted by atomic mass is 35.5. The molecule has 2 heterocycles. The first kappa shape index (κ1) is 23.7. The monoisotopic (exact) mass is 503 g/mol. The normalized spacial score (nSPS) is 16.5. The third-order valence-corrected chi connectivity index (χ3v) is 6.49. The van der Waals surface area contributed by atoms with Crippen molar-refractivity contribution in [2.45, 2.75) is 24.9 Å². The zero-order valence-corrected chi connectivity index (χ0v) is 20.7. The van der Waals surface area contributed by atoms with Gasteiger partial charge >= 0.3 is 0 Å². The van der Waals surface area contributed by atoms with Crippen LogP contribution in [0.3, 0.4) is 0 Å². The van der Waals surface area contributed by atoms with Crippen molar-refractivity contribution in [1.82, 2.24) is 14.8 Å². The lowest BCUT2D eigenvalue weighted by Crippen LogP contribution is -2.28. The molecule has 0 spiro atoms. The summed E-state index contributed by atoms with van der Waals surface area (Å²) in [4.78, 5) is 17.3. The van der Waals surface area contributed by atoms with Crippen LogP contribution in [0, 0.1) is 0 Å². The number of carbonyl (C=O) groups is 1. The maximum Gasteiger partial charge on any atom is 0.250 e. The third-order valence-electron chi connectivity index (χ3n) is 6.24. The molecule has 36 heavy (non-hydrogen) atoms. The van der Waals surface area contributed by atoms with Crippen LogP contribution >= 0.6 is 11.6 Å². The van der Waals surface area contributed by atoms with Crippen LogP contribution in [0.2, 0.25) is 5.02 Å². The van der Waals surface area contributed by atoms with Crippen molar-refractivity contribution < 1.29 is 14.3 Å². The van der Waals surface area contributed by atoms with E-state index in [1.807, 2.05) is 77.5 Å². The van der Waals surface area contributed by atoms with Crippen LogP contribution < -0.4 is 20.1 Å². The molecule has 0 saturated carbocycles. The minimum atomic E-state index is -0.196. The molecular weight excluding hydrogens is 478 g/mol. The Kier molecular flexibility index (Phi) is 6.77. The summed E-state index contributed by atoms with van der Waals surface area (Å²) >= 11 is 6.14. The molecule has 0 aliphatic carbocycles. The Morgan fingerprint density at radius 2 is 1.58 bits per heavy atom. The number of hydrogen-bond acceptors (Lipinski definition) is 6. The van der Waals surface area contributed by atoms with Gasteiger partial charge in [-0.05, 0) is 59.5 Å². The number of amides is 1. The van der Waals surface area contributed by atoms with E-state index in [1.165, 1.54) is 0 Å². The lowest BCUT2D eigenvalue weighted by molar-refractivity contribution is -0.115. The third kappa shape index (κ3) is 5.13. The highest BCUT2D eigenvalue weighted by molar-refractivity contribution is 6.30. The molecule has 0 radical (unpaired) electrons. The summed E-state index contributed by atoms with van der Waals surface area (Å²) in [6.45, 7) is 0. The number of fused-ring (bicyclic) bond motifs is 1. The highest BCUT2D eigenvalue weighted by Crippen LogP contribution is 2.38. The van der Waals surface area contributed by atoms with Crippen molar-refractivity contribution in [3.8, 4) is 11.5 Å². The van der Waals surface area contributed by atoms with Crippen molar-refractivity contribution in [2.24, 2.45) is 0 Å². The van der Waals surface area contributed by atoms with Gasteiger partial charge in [-0.2, -0.15) is 4.98 Å². The largest absolute Gasteiger partial charge is 0.497 e. The first-order valence-corrected chi connectivity index (χ1v) is 12.0. The summed E-state index contributed by atoms with van der Waals surface area (Å²) in [5.74, 6) is 2.19. The number of aromatic nitrogens is 3. The van der Waals surface area contributed by atoms with Gasteiger partial charge in [0.15, 0.2) is 0 Å². The first-order valence-electron chi connectivity index (χ1n) is 11.6. The minimum absolute atomic E-state index is 0.00358. The summed E-state index contributed by atoms with van der Waals surface area (Å²) in [5, 5.41) is 11.6. The van der Waals surface area contributed by atoms with Gasteiger partial charge in [0.05, 0.1) is 32.7 Å². The quantitative estimate of drug-likeness (QED) is 0.357. The minimum Gasteiger partial charge on any atom is -0.497 e. The molecule has 4 aromatic rings. The van der Waals surface area contributed by atoms with E-state index in [2.05, 4.69) is 20.7 Å². The van der Waals surface area contributed by atoms with Crippen LogP contribution in [0.4, 0.5) is 11.9 Å². The molecule has 0 fully saturated rings. The number of nitrogens with one attached hydrogen (secondary N) is 2. The SMILES string of the molecule is COc1ccc(CC(=O)Nc2nc3n(n2)C(c2ccc(Cl)cc2)CC(c2ccc(OC)cc2)N3)cc1. The fourth-order valence-corrected chi connectivity index (χ4v) is 4.47. The van der Waals surface area contributed by atoms with Crippen molar-refractivity contribution in [3.05, 3.63) is 94.5 Å². The maximum absolute atomic E-state index is 12.7. The van der Waals surface area contributed by atoms with Gasteiger partial charge in [-0.15, -0.1) is 5.10 Å². The molecule has 2 N–H and O–H groups in total. The Labute approximate surface area is 214 Å². The fourth-order valence-electron chi connectivity index (χ4n) is 4.35. The molecule has 2 atom stereocenters. The molecule has 0 saturated heterocycles. The number of halogens is 1. The first-order chi connectivity index (χ1) is 17.5. The number of ether oxygens (including phenoxy) is 2. The Morgan fingerprint density at radius 3 is 2.22 bits per heavy atom. The Hall–Kier alpha value is -4.04. The molecule has 184 valence electrons.